The fourth-order valence-corrected chi connectivity index (χ4v) is 3.15. The van der Waals surface area contributed by atoms with Crippen molar-refractivity contribution in [3.63, 3.8) is 0 Å². The third-order valence-corrected chi connectivity index (χ3v) is 4.35. The Hall–Kier alpha value is -0.330. The fraction of sp³-hybridized carbons (Fsp3) is 1.00. The van der Waals surface area contributed by atoms with Gasteiger partial charge in [-0.1, -0.05) is 0 Å². The van der Waals surface area contributed by atoms with E-state index in [9.17, 15) is 13.2 Å². The number of rotatable bonds is 4. The van der Waals surface area contributed by atoms with E-state index >= 15 is 0 Å². The molecule has 19 heavy (non-hydrogen) atoms. The van der Waals surface area contributed by atoms with E-state index in [1.165, 1.54) is 4.90 Å². The summed E-state index contributed by atoms with van der Waals surface area (Å²) in [7, 11) is 2.12. The van der Waals surface area contributed by atoms with Gasteiger partial charge in [-0.15, -0.1) is 0 Å². The van der Waals surface area contributed by atoms with Crippen molar-refractivity contribution in [2.24, 2.45) is 5.92 Å². The van der Waals surface area contributed by atoms with Gasteiger partial charge in [0, 0.05) is 25.2 Å². The molecule has 112 valence electrons. The Morgan fingerprint density at radius 3 is 2.58 bits per heavy atom. The van der Waals surface area contributed by atoms with E-state index in [1.807, 2.05) is 0 Å². The van der Waals surface area contributed by atoms with Gasteiger partial charge in [0.05, 0.1) is 6.54 Å². The average molecular weight is 279 g/mol. The molecule has 0 amide bonds. The molecule has 2 fully saturated rings. The molecule has 3 unspecified atom stereocenters. The van der Waals surface area contributed by atoms with Gasteiger partial charge >= 0.3 is 6.18 Å². The molecule has 0 aliphatic carbocycles. The summed E-state index contributed by atoms with van der Waals surface area (Å²) >= 11 is 0. The second-order valence-electron chi connectivity index (χ2n) is 6.13. The topological polar surface area (TPSA) is 18.5 Å². The van der Waals surface area contributed by atoms with Gasteiger partial charge in [-0.3, -0.25) is 4.90 Å². The van der Waals surface area contributed by atoms with Gasteiger partial charge in [-0.05, 0) is 45.8 Å². The maximum atomic E-state index is 12.3. The molecule has 2 rings (SSSR count). The minimum atomic E-state index is -4.06. The highest BCUT2D eigenvalue weighted by molar-refractivity contribution is 4.87. The quantitative estimate of drug-likeness (QED) is 0.842. The fourth-order valence-electron chi connectivity index (χ4n) is 3.15. The number of hydrogen-bond acceptors (Lipinski definition) is 3. The van der Waals surface area contributed by atoms with Crippen LogP contribution in [0.2, 0.25) is 0 Å². The van der Waals surface area contributed by atoms with Crippen LogP contribution >= 0.6 is 0 Å². The standard InChI is InChI=1S/C13H24F3N3/c1-10-5-12(8-18(10)2)17-6-11-3-4-19(7-11)9-13(14,15)16/h10-12,17H,3-9H2,1-2H3. The van der Waals surface area contributed by atoms with Crippen molar-refractivity contribution in [3.05, 3.63) is 0 Å². The van der Waals surface area contributed by atoms with Crippen LogP contribution in [0.3, 0.4) is 0 Å². The predicted octanol–water partition coefficient (Wildman–Crippen LogP) is 1.55. The first-order valence-corrected chi connectivity index (χ1v) is 7.06. The third-order valence-electron chi connectivity index (χ3n) is 4.35. The smallest absolute Gasteiger partial charge is 0.312 e. The lowest BCUT2D eigenvalue weighted by Crippen LogP contribution is -2.37. The van der Waals surface area contributed by atoms with Crippen LogP contribution in [-0.2, 0) is 0 Å². The largest absolute Gasteiger partial charge is 0.401 e. The molecule has 3 atom stereocenters. The maximum absolute atomic E-state index is 12.3. The highest BCUT2D eigenvalue weighted by Crippen LogP contribution is 2.23. The van der Waals surface area contributed by atoms with Crippen molar-refractivity contribution >= 4 is 0 Å². The maximum Gasteiger partial charge on any atom is 0.401 e. The van der Waals surface area contributed by atoms with Crippen LogP contribution in [-0.4, -0.2) is 67.8 Å². The molecule has 0 radical (unpaired) electrons. The second-order valence-corrected chi connectivity index (χ2v) is 6.13. The molecule has 0 bridgehead atoms. The normalized spacial score (nSPS) is 34.3. The van der Waals surface area contributed by atoms with Crippen LogP contribution in [0.25, 0.3) is 0 Å². The number of hydrogen-bond donors (Lipinski definition) is 1. The second kappa shape index (κ2) is 5.97. The molecule has 2 heterocycles. The molecule has 0 aromatic rings. The minimum Gasteiger partial charge on any atom is -0.312 e. The lowest BCUT2D eigenvalue weighted by atomic mass is 10.1. The lowest BCUT2D eigenvalue weighted by Gasteiger charge is -2.19. The Kier molecular flexibility index (Phi) is 4.74. The van der Waals surface area contributed by atoms with E-state index in [4.69, 9.17) is 0 Å². The Balaban J connectivity index is 1.66. The molecular weight excluding hydrogens is 255 g/mol. The summed E-state index contributed by atoms with van der Waals surface area (Å²) in [5.41, 5.74) is 0. The van der Waals surface area contributed by atoms with Gasteiger partial charge in [-0.25, -0.2) is 0 Å². The van der Waals surface area contributed by atoms with Crippen LogP contribution in [0.5, 0.6) is 0 Å². The molecule has 1 N–H and O–H groups in total. The Bertz CT molecular complexity index is 285. The molecule has 6 heteroatoms. The molecule has 0 aromatic heterocycles. The monoisotopic (exact) mass is 279 g/mol. The highest BCUT2D eigenvalue weighted by Gasteiger charge is 2.34. The van der Waals surface area contributed by atoms with Crippen LogP contribution in [0.1, 0.15) is 19.8 Å². The zero-order valence-electron chi connectivity index (χ0n) is 11.7. The highest BCUT2D eigenvalue weighted by atomic mass is 19.4. The Morgan fingerprint density at radius 2 is 2.00 bits per heavy atom. The molecule has 0 aromatic carbocycles. The summed E-state index contributed by atoms with van der Waals surface area (Å²) in [4.78, 5) is 3.85. The summed E-state index contributed by atoms with van der Waals surface area (Å²) in [5, 5.41) is 3.52. The Morgan fingerprint density at radius 1 is 1.26 bits per heavy atom. The van der Waals surface area contributed by atoms with Gasteiger partial charge in [0.2, 0.25) is 0 Å². The molecule has 2 aliphatic heterocycles. The third kappa shape index (κ3) is 4.61. The van der Waals surface area contributed by atoms with Gasteiger partial charge in [0.25, 0.3) is 0 Å². The van der Waals surface area contributed by atoms with Crippen LogP contribution in [0.4, 0.5) is 13.2 Å². The summed E-state index contributed by atoms with van der Waals surface area (Å²) in [6, 6.07) is 1.10. The van der Waals surface area contributed by atoms with Gasteiger partial charge < -0.3 is 10.2 Å². The molecule has 2 aliphatic rings. The lowest BCUT2D eigenvalue weighted by molar-refractivity contribution is -0.143. The van der Waals surface area contributed by atoms with E-state index in [1.54, 1.807) is 0 Å². The molecule has 2 saturated heterocycles. The van der Waals surface area contributed by atoms with Gasteiger partial charge in [0.1, 0.15) is 0 Å². The first kappa shape index (κ1) is 15.1. The summed E-state index contributed by atoms with van der Waals surface area (Å²) < 4.78 is 36.9. The predicted molar refractivity (Wildman–Crippen MR) is 69.1 cm³/mol. The number of likely N-dealkylation sites (tertiary alicyclic amines) is 2. The van der Waals surface area contributed by atoms with Crippen molar-refractivity contribution in [3.8, 4) is 0 Å². The minimum absolute atomic E-state index is 0.364. The summed E-state index contributed by atoms with van der Waals surface area (Å²) in [5.74, 6) is 0.364. The van der Waals surface area contributed by atoms with Crippen LogP contribution in [0.15, 0.2) is 0 Å². The molecular formula is C13H24F3N3. The zero-order valence-corrected chi connectivity index (χ0v) is 11.7. The first-order valence-electron chi connectivity index (χ1n) is 7.06. The van der Waals surface area contributed by atoms with Crippen LogP contribution < -0.4 is 5.32 Å². The van der Waals surface area contributed by atoms with E-state index < -0.39 is 12.7 Å². The number of nitrogens with zero attached hydrogens (tertiary/aromatic N) is 2. The van der Waals surface area contributed by atoms with E-state index in [-0.39, 0.29) is 0 Å². The first-order chi connectivity index (χ1) is 8.83. The molecule has 0 saturated carbocycles. The average Bonchev–Trinajstić information content (AvgIpc) is 2.82. The zero-order chi connectivity index (χ0) is 14.0. The number of alkyl halides is 3. The summed E-state index contributed by atoms with van der Waals surface area (Å²) in [6.07, 6.45) is -2.05. The van der Waals surface area contributed by atoms with Gasteiger partial charge in [0.15, 0.2) is 0 Å². The van der Waals surface area contributed by atoms with Crippen molar-refractivity contribution in [1.82, 2.24) is 15.1 Å². The number of likely N-dealkylation sites (N-methyl/N-ethyl adjacent to an activating group) is 1. The molecule has 3 nitrogen and oxygen atoms in total. The van der Waals surface area contributed by atoms with Crippen LogP contribution in [0, 0.1) is 5.92 Å². The van der Waals surface area contributed by atoms with Crippen molar-refractivity contribution in [2.45, 2.75) is 38.0 Å². The Labute approximate surface area is 113 Å². The molecule has 0 spiro atoms. The van der Waals surface area contributed by atoms with E-state index in [0.717, 1.165) is 25.9 Å². The van der Waals surface area contributed by atoms with E-state index in [2.05, 4.69) is 24.2 Å². The SMILES string of the molecule is CC1CC(NCC2CCN(CC(F)(F)F)C2)CN1C. The van der Waals surface area contributed by atoms with Crippen molar-refractivity contribution in [2.75, 3.05) is 39.8 Å². The van der Waals surface area contributed by atoms with Gasteiger partial charge in [-0.2, -0.15) is 13.2 Å². The number of nitrogens with one attached hydrogen (secondary N) is 1. The number of halogens is 3. The van der Waals surface area contributed by atoms with E-state index in [0.29, 0.717) is 31.1 Å². The van der Waals surface area contributed by atoms with Crippen molar-refractivity contribution < 1.29 is 13.2 Å². The van der Waals surface area contributed by atoms with Crippen molar-refractivity contribution in [1.29, 1.82) is 0 Å². The summed E-state index contributed by atoms with van der Waals surface area (Å²) in [6.45, 7) is 4.49.